The third-order valence-electron chi connectivity index (χ3n) is 3.38. The first kappa shape index (κ1) is 14.7. The molecule has 0 aromatic carbocycles. The lowest BCUT2D eigenvalue weighted by Gasteiger charge is -2.34. The van der Waals surface area contributed by atoms with E-state index >= 15 is 0 Å². The van der Waals surface area contributed by atoms with E-state index in [1.807, 2.05) is 11.3 Å². The highest BCUT2D eigenvalue weighted by molar-refractivity contribution is 7.10. The number of rotatable bonds is 7. The van der Waals surface area contributed by atoms with Crippen LogP contribution in [-0.2, 0) is 0 Å². The van der Waals surface area contributed by atoms with E-state index in [4.69, 9.17) is 5.73 Å². The normalized spacial score (nSPS) is 17.1. The van der Waals surface area contributed by atoms with Crippen molar-refractivity contribution < 1.29 is 0 Å². The van der Waals surface area contributed by atoms with Gasteiger partial charge in [0, 0.05) is 17.5 Å². The third-order valence-corrected chi connectivity index (χ3v) is 4.32. The van der Waals surface area contributed by atoms with E-state index in [9.17, 15) is 0 Å². The van der Waals surface area contributed by atoms with Crippen LogP contribution in [0.3, 0.4) is 0 Å². The van der Waals surface area contributed by atoms with Crippen LogP contribution in [0.15, 0.2) is 17.5 Å². The Kier molecular flexibility index (Phi) is 6.17. The van der Waals surface area contributed by atoms with Gasteiger partial charge in [0.05, 0.1) is 6.04 Å². The zero-order chi connectivity index (χ0) is 12.8. The van der Waals surface area contributed by atoms with Crippen molar-refractivity contribution >= 4 is 11.3 Å². The van der Waals surface area contributed by atoms with Crippen LogP contribution >= 0.6 is 11.3 Å². The lowest BCUT2D eigenvalue weighted by molar-refractivity contribution is 0.162. The Balaban J connectivity index is 2.80. The zero-order valence-corrected chi connectivity index (χ0v) is 12.3. The second-order valence-electron chi connectivity index (χ2n) is 4.92. The molecule has 1 aromatic rings. The van der Waals surface area contributed by atoms with Gasteiger partial charge in [0.25, 0.3) is 0 Å². The molecule has 17 heavy (non-hydrogen) atoms. The van der Waals surface area contributed by atoms with Gasteiger partial charge in [-0.15, -0.1) is 11.3 Å². The lowest BCUT2D eigenvalue weighted by Crippen LogP contribution is -2.41. The molecule has 3 heteroatoms. The SMILES string of the molecule is CCC(C)CN(CC)C(c1cccs1)C(C)N. The molecule has 3 atom stereocenters. The van der Waals surface area contributed by atoms with E-state index in [0.717, 1.165) is 19.0 Å². The Labute approximate surface area is 110 Å². The van der Waals surface area contributed by atoms with Gasteiger partial charge < -0.3 is 5.73 Å². The topological polar surface area (TPSA) is 29.3 Å². The second-order valence-corrected chi connectivity index (χ2v) is 5.90. The summed E-state index contributed by atoms with van der Waals surface area (Å²) < 4.78 is 0. The van der Waals surface area contributed by atoms with E-state index in [-0.39, 0.29) is 6.04 Å². The van der Waals surface area contributed by atoms with Crippen LogP contribution in [-0.4, -0.2) is 24.0 Å². The summed E-state index contributed by atoms with van der Waals surface area (Å²) in [7, 11) is 0. The Morgan fingerprint density at radius 3 is 2.47 bits per heavy atom. The summed E-state index contributed by atoms with van der Waals surface area (Å²) in [5.74, 6) is 0.733. The quantitative estimate of drug-likeness (QED) is 0.807. The fourth-order valence-corrected chi connectivity index (χ4v) is 3.17. The van der Waals surface area contributed by atoms with Crippen LogP contribution in [0.1, 0.15) is 45.0 Å². The minimum atomic E-state index is 0.178. The summed E-state index contributed by atoms with van der Waals surface area (Å²) >= 11 is 1.82. The number of thiophene rings is 1. The Morgan fingerprint density at radius 1 is 1.35 bits per heavy atom. The average Bonchev–Trinajstić information content (AvgIpc) is 2.80. The molecule has 0 saturated carbocycles. The first-order chi connectivity index (χ1) is 8.10. The van der Waals surface area contributed by atoms with Crippen molar-refractivity contribution in [3.8, 4) is 0 Å². The van der Waals surface area contributed by atoms with Gasteiger partial charge in [-0.3, -0.25) is 4.90 Å². The van der Waals surface area contributed by atoms with E-state index in [0.29, 0.717) is 6.04 Å². The van der Waals surface area contributed by atoms with Gasteiger partial charge in [-0.05, 0) is 30.8 Å². The predicted octanol–water partition coefficient (Wildman–Crippen LogP) is 3.50. The number of likely N-dealkylation sites (N-methyl/N-ethyl adjacent to an activating group) is 1. The Hall–Kier alpha value is -0.380. The van der Waals surface area contributed by atoms with Crippen molar-refractivity contribution in [3.05, 3.63) is 22.4 Å². The predicted molar refractivity (Wildman–Crippen MR) is 77.4 cm³/mol. The highest BCUT2D eigenvalue weighted by Crippen LogP contribution is 2.28. The fourth-order valence-electron chi connectivity index (χ4n) is 2.20. The van der Waals surface area contributed by atoms with Gasteiger partial charge >= 0.3 is 0 Å². The van der Waals surface area contributed by atoms with Gasteiger partial charge in [-0.1, -0.05) is 33.3 Å². The summed E-state index contributed by atoms with van der Waals surface area (Å²) in [4.78, 5) is 3.91. The minimum absolute atomic E-state index is 0.178. The van der Waals surface area contributed by atoms with Crippen LogP contribution in [0.4, 0.5) is 0 Å². The smallest absolute Gasteiger partial charge is 0.0590 e. The summed E-state index contributed by atoms with van der Waals surface area (Å²) in [6, 6.07) is 4.87. The van der Waals surface area contributed by atoms with E-state index < -0.39 is 0 Å². The summed E-state index contributed by atoms with van der Waals surface area (Å²) in [6.07, 6.45) is 1.23. The van der Waals surface area contributed by atoms with Crippen molar-refractivity contribution in [2.75, 3.05) is 13.1 Å². The molecule has 2 nitrogen and oxygen atoms in total. The van der Waals surface area contributed by atoms with Crippen molar-refractivity contribution in [1.82, 2.24) is 4.90 Å². The number of nitrogens with two attached hydrogens (primary N) is 1. The Morgan fingerprint density at radius 2 is 2.06 bits per heavy atom. The van der Waals surface area contributed by atoms with Crippen molar-refractivity contribution in [3.63, 3.8) is 0 Å². The molecule has 0 aliphatic carbocycles. The van der Waals surface area contributed by atoms with Crippen LogP contribution in [0.25, 0.3) is 0 Å². The van der Waals surface area contributed by atoms with Crippen molar-refractivity contribution in [1.29, 1.82) is 0 Å². The third kappa shape index (κ3) is 4.09. The maximum atomic E-state index is 6.19. The van der Waals surface area contributed by atoms with Crippen LogP contribution < -0.4 is 5.73 Å². The molecule has 0 spiro atoms. The van der Waals surface area contributed by atoms with E-state index in [1.165, 1.54) is 11.3 Å². The summed E-state index contributed by atoms with van der Waals surface area (Å²) in [6.45, 7) is 11.1. The first-order valence-corrected chi connectivity index (χ1v) is 7.51. The molecule has 2 N–H and O–H groups in total. The van der Waals surface area contributed by atoms with Crippen molar-refractivity contribution in [2.45, 2.75) is 46.2 Å². The molecule has 0 fully saturated rings. The molecule has 0 aliphatic rings. The molecule has 0 bridgehead atoms. The molecule has 98 valence electrons. The summed E-state index contributed by atoms with van der Waals surface area (Å²) in [5, 5.41) is 2.14. The number of hydrogen-bond acceptors (Lipinski definition) is 3. The maximum absolute atomic E-state index is 6.19. The lowest BCUT2D eigenvalue weighted by atomic mass is 10.0. The molecular weight excluding hydrogens is 228 g/mol. The van der Waals surface area contributed by atoms with Crippen molar-refractivity contribution in [2.24, 2.45) is 11.7 Å². The highest BCUT2D eigenvalue weighted by Gasteiger charge is 2.24. The maximum Gasteiger partial charge on any atom is 0.0590 e. The molecule has 1 heterocycles. The van der Waals surface area contributed by atoms with E-state index in [1.54, 1.807) is 0 Å². The molecule has 1 aromatic heterocycles. The molecular formula is C14H26N2S. The molecule has 3 unspecified atom stereocenters. The first-order valence-electron chi connectivity index (χ1n) is 6.63. The molecule has 0 aliphatic heterocycles. The molecule has 1 rings (SSSR count). The van der Waals surface area contributed by atoms with Gasteiger partial charge in [-0.2, -0.15) is 0 Å². The summed E-state index contributed by atoms with van der Waals surface area (Å²) in [5.41, 5.74) is 6.19. The van der Waals surface area contributed by atoms with Crippen LogP contribution in [0.2, 0.25) is 0 Å². The number of nitrogens with zero attached hydrogens (tertiary/aromatic N) is 1. The Bertz CT molecular complexity index is 295. The van der Waals surface area contributed by atoms with Gasteiger partial charge in [0.2, 0.25) is 0 Å². The largest absolute Gasteiger partial charge is 0.326 e. The van der Waals surface area contributed by atoms with E-state index in [2.05, 4.69) is 50.1 Å². The highest BCUT2D eigenvalue weighted by atomic mass is 32.1. The van der Waals surface area contributed by atoms with Gasteiger partial charge in [0.1, 0.15) is 0 Å². The molecule has 0 saturated heterocycles. The van der Waals surface area contributed by atoms with Gasteiger partial charge in [0.15, 0.2) is 0 Å². The fraction of sp³-hybridized carbons (Fsp3) is 0.714. The monoisotopic (exact) mass is 254 g/mol. The van der Waals surface area contributed by atoms with Crippen LogP contribution in [0.5, 0.6) is 0 Å². The molecule has 0 radical (unpaired) electrons. The number of hydrogen-bond donors (Lipinski definition) is 1. The molecule has 0 amide bonds. The average molecular weight is 254 g/mol. The zero-order valence-electron chi connectivity index (χ0n) is 11.5. The van der Waals surface area contributed by atoms with Gasteiger partial charge in [-0.25, -0.2) is 0 Å². The second kappa shape index (κ2) is 7.14. The minimum Gasteiger partial charge on any atom is -0.326 e. The standard InChI is InChI=1S/C14H26N2S/c1-5-11(3)10-16(6-2)14(12(4)15)13-8-7-9-17-13/h7-9,11-12,14H,5-6,10,15H2,1-4H3. The van der Waals surface area contributed by atoms with Crippen LogP contribution in [0, 0.1) is 5.92 Å².